The second-order valence-electron chi connectivity index (χ2n) is 5.17. The van der Waals surface area contributed by atoms with Gasteiger partial charge in [0.15, 0.2) is 5.82 Å². The van der Waals surface area contributed by atoms with E-state index in [1.54, 1.807) is 0 Å². The molecule has 2 aromatic rings. The average Bonchev–Trinajstić information content (AvgIpc) is 2.36. The van der Waals surface area contributed by atoms with Gasteiger partial charge in [-0.15, -0.1) is 0 Å². The van der Waals surface area contributed by atoms with E-state index in [2.05, 4.69) is 15.0 Å². The first-order chi connectivity index (χ1) is 9.43. The van der Waals surface area contributed by atoms with Crippen LogP contribution < -0.4 is 16.2 Å². The van der Waals surface area contributed by atoms with E-state index in [4.69, 9.17) is 16.2 Å². The third-order valence-electron chi connectivity index (χ3n) is 2.98. The molecule has 2 heterocycles. The van der Waals surface area contributed by atoms with Gasteiger partial charge in [-0.05, 0) is 38.1 Å². The van der Waals surface area contributed by atoms with Crippen molar-refractivity contribution < 1.29 is 4.74 Å². The summed E-state index contributed by atoms with van der Waals surface area (Å²) in [7, 11) is 0. The van der Waals surface area contributed by atoms with E-state index in [1.807, 2.05) is 44.2 Å². The van der Waals surface area contributed by atoms with Crippen LogP contribution in [0, 0.1) is 0 Å². The number of rotatable bonds is 1. The molecule has 102 valence electrons. The van der Waals surface area contributed by atoms with Crippen LogP contribution in [-0.2, 0) is 0 Å². The topological polar surface area (TPSA) is 99.9 Å². The number of hydrogen-bond acceptors (Lipinski definition) is 6. The van der Waals surface area contributed by atoms with Crippen molar-refractivity contribution >= 4 is 18.0 Å². The molecule has 1 aliphatic heterocycles. The average molecular weight is 269 g/mol. The molecule has 0 bridgehead atoms. The Morgan fingerprint density at radius 3 is 2.45 bits per heavy atom. The van der Waals surface area contributed by atoms with Gasteiger partial charge in [-0.25, -0.2) is 0 Å². The molecule has 0 spiro atoms. The highest BCUT2D eigenvalue weighted by Gasteiger charge is 2.21. The fraction of sp³-hybridized carbons (Fsp3) is 0.214. The van der Waals surface area contributed by atoms with Crippen molar-refractivity contribution in [3.63, 3.8) is 0 Å². The summed E-state index contributed by atoms with van der Waals surface area (Å²) in [5.41, 5.74) is 12.7. The summed E-state index contributed by atoms with van der Waals surface area (Å²) in [4.78, 5) is 11.9. The number of aromatic nitrogens is 3. The lowest BCUT2D eigenvalue weighted by molar-refractivity contribution is 0.159. The van der Waals surface area contributed by atoms with Crippen molar-refractivity contribution in [3.8, 4) is 17.1 Å². The van der Waals surface area contributed by atoms with Crippen molar-refractivity contribution in [2.24, 2.45) is 0 Å². The van der Waals surface area contributed by atoms with Gasteiger partial charge < -0.3 is 16.2 Å². The molecule has 1 aromatic carbocycles. The van der Waals surface area contributed by atoms with E-state index in [0.29, 0.717) is 5.82 Å². The van der Waals surface area contributed by atoms with Crippen LogP contribution in [-0.4, -0.2) is 20.6 Å². The van der Waals surface area contributed by atoms with Crippen LogP contribution in [0.3, 0.4) is 0 Å². The van der Waals surface area contributed by atoms with Crippen LogP contribution in [0.1, 0.15) is 19.4 Å². The smallest absolute Gasteiger partial charge is 0.225 e. The quantitative estimate of drug-likeness (QED) is 0.820. The van der Waals surface area contributed by atoms with Gasteiger partial charge >= 0.3 is 0 Å². The Morgan fingerprint density at radius 2 is 1.75 bits per heavy atom. The molecule has 20 heavy (non-hydrogen) atoms. The van der Waals surface area contributed by atoms with Gasteiger partial charge in [0.2, 0.25) is 11.9 Å². The SMILES string of the molecule is CC1(C)C=Cc2cc(-c3nc(N)nc(N)n3)ccc2O1. The highest BCUT2D eigenvalue weighted by Crippen LogP contribution is 2.33. The molecule has 1 aliphatic rings. The van der Waals surface area contributed by atoms with E-state index in [9.17, 15) is 0 Å². The summed E-state index contributed by atoms with van der Waals surface area (Å²) in [6.45, 7) is 4.02. The number of anilines is 2. The van der Waals surface area contributed by atoms with Gasteiger partial charge in [-0.1, -0.05) is 6.08 Å². The third-order valence-corrected chi connectivity index (χ3v) is 2.98. The van der Waals surface area contributed by atoms with E-state index in [-0.39, 0.29) is 17.5 Å². The summed E-state index contributed by atoms with van der Waals surface area (Å²) in [6.07, 6.45) is 4.03. The lowest BCUT2D eigenvalue weighted by atomic mass is 10.0. The van der Waals surface area contributed by atoms with Crippen molar-refractivity contribution in [2.45, 2.75) is 19.4 Å². The maximum absolute atomic E-state index is 5.87. The highest BCUT2D eigenvalue weighted by molar-refractivity contribution is 5.69. The van der Waals surface area contributed by atoms with Crippen molar-refractivity contribution in [1.29, 1.82) is 0 Å². The molecule has 0 aliphatic carbocycles. The molecule has 0 saturated heterocycles. The van der Waals surface area contributed by atoms with Gasteiger partial charge in [-0.3, -0.25) is 0 Å². The molecule has 3 rings (SSSR count). The maximum Gasteiger partial charge on any atom is 0.225 e. The molecular weight excluding hydrogens is 254 g/mol. The summed E-state index contributed by atoms with van der Waals surface area (Å²) in [5.74, 6) is 1.50. The molecule has 6 heteroatoms. The molecule has 0 radical (unpaired) electrons. The Labute approximate surface area is 116 Å². The van der Waals surface area contributed by atoms with Gasteiger partial charge in [0.05, 0.1) is 0 Å². The number of ether oxygens (including phenoxy) is 1. The Morgan fingerprint density at radius 1 is 1.05 bits per heavy atom. The number of hydrogen-bond donors (Lipinski definition) is 2. The third kappa shape index (κ3) is 2.27. The number of nitrogens with zero attached hydrogens (tertiary/aromatic N) is 3. The van der Waals surface area contributed by atoms with Crippen molar-refractivity contribution in [2.75, 3.05) is 11.5 Å². The van der Waals surface area contributed by atoms with Crippen LogP contribution in [0.4, 0.5) is 11.9 Å². The van der Waals surface area contributed by atoms with Gasteiger partial charge in [0, 0.05) is 11.1 Å². The predicted octanol–water partition coefficient (Wildman–Crippen LogP) is 1.89. The van der Waals surface area contributed by atoms with Crippen LogP contribution in [0.25, 0.3) is 17.5 Å². The summed E-state index contributed by atoms with van der Waals surface area (Å²) in [5, 5.41) is 0. The minimum atomic E-state index is -0.295. The first kappa shape index (κ1) is 12.4. The van der Waals surface area contributed by atoms with Crippen LogP contribution in [0.2, 0.25) is 0 Å². The number of fused-ring (bicyclic) bond motifs is 1. The minimum absolute atomic E-state index is 0.109. The van der Waals surface area contributed by atoms with E-state index in [0.717, 1.165) is 16.9 Å². The molecule has 6 nitrogen and oxygen atoms in total. The fourth-order valence-corrected chi connectivity index (χ4v) is 2.06. The minimum Gasteiger partial charge on any atom is -0.483 e. The molecule has 0 fully saturated rings. The second kappa shape index (κ2) is 4.19. The first-order valence-corrected chi connectivity index (χ1v) is 6.23. The lowest BCUT2D eigenvalue weighted by Crippen LogP contribution is -2.27. The van der Waals surface area contributed by atoms with E-state index >= 15 is 0 Å². The monoisotopic (exact) mass is 269 g/mol. The van der Waals surface area contributed by atoms with Gasteiger partial charge in [-0.2, -0.15) is 15.0 Å². The Bertz CT molecular complexity index is 688. The summed E-state index contributed by atoms with van der Waals surface area (Å²) < 4.78 is 5.87. The van der Waals surface area contributed by atoms with Crippen LogP contribution >= 0.6 is 0 Å². The molecular formula is C14H15N5O. The zero-order valence-corrected chi connectivity index (χ0v) is 11.3. The fourth-order valence-electron chi connectivity index (χ4n) is 2.06. The normalized spacial score (nSPS) is 15.5. The highest BCUT2D eigenvalue weighted by atomic mass is 16.5. The number of nitrogens with two attached hydrogens (primary N) is 2. The zero-order chi connectivity index (χ0) is 14.3. The summed E-state index contributed by atoms with van der Waals surface area (Å²) >= 11 is 0. The van der Waals surface area contributed by atoms with Crippen LogP contribution in [0.5, 0.6) is 5.75 Å². The van der Waals surface area contributed by atoms with Crippen molar-refractivity contribution in [3.05, 3.63) is 29.8 Å². The zero-order valence-electron chi connectivity index (χ0n) is 11.3. The maximum atomic E-state index is 5.87. The molecule has 1 aromatic heterocycles. The standard InChI is InChI=1S/C14H15N5O/c1-14(2)6-5-8-7-9(3-4-10(8)20-14)11-17-12(15)19-13(16)18-11/h3-7H,1-2H3,(H4,15,16,17,18,19). The predicted molar refractivity (Wildman–Crippen MR) is 77.8 cm³/mol. The molecule has 0 unspecified atom stereocenters. The molecule has 4 N–H and O–H groups in total. The van der Waals surface area contributed by atoms with Gasteiger partial charge in [0.25, 0.3) is 0 Å². The molecule has 0 atom stereocenters. The van der Waals surface area contributed by atoms with Crippen LogP contribution in [0.15, 0.2) is 24.3 Å². The molecule has 0 amide bonds. The number of benzene rings is 1. The lowest BCUT2D eigenvalue weighted by Gasteiger charge is -2.27. The Hall–Kier alpha value is -2.63. The summed E-state index contributed by atoms with van der Waals surface area (Å²) in [6, 6.07) is 5.71. The second-order valence-corrected chi connectivity index (χ2v) is 5.17. The first-order valence-electron chi connectivity index (χ1n) is 6.23. The van der Waals surface area contributed by atoms with Gasteiger partial charge in [0.1, 0.15) is 11.4 Å². The Balaban J connectivity index is 2.05. The Kier molecular flexibility index (Phi) is 2.60. The number of nitrogen functional groups attached to an aromatic ring is 2. The van der Waals surface area contributed by atoms with E-state index in [1.165, 1.54) is 0 Å². The van der Waals surface area contributed by atoms with E-state index < -0.39 is 0 Å². The molecule has 0 saturated carbocycles. The largest absolute Gasteiger partial charge is 0.483 e. The van der Waals surface area contributed by atoms with Crippen molar-refractivity contribution in [1.82, 2.24) is 15.0 Å².